The van der Waals surface area contributed by atoms with Crippen LogP contribution in [0.3, 0.4) is 0 Å². The summed E-state index contributed by atoms with van der Waals surface area (Å²) < 4.78 is 5.26. The molecule has 0 aliphatic carbocycles. The zero-order chi connectivity index (χ0) is 10.7. The van der Waals surface area contributed by atoms with Gasteiger partial charge in [-0.25, -0.2) is 0 Å². The molecule has 1 rings (SSSR count). The van der Waals surface area contributed by atoms with Crippen LogP contribution < -0.4 is 5.32 Å². The minimum Gasteiger partial charge on any atom is -0.467 e. The first-order valence-electron chi connectivity index (χ1n) is 4.52. The molecule has 1 aromatic rings. The molecule has 1 amide bonds. The molecule has 1 N–H and O–H groups in total. The van der Waals surface area contributed by atoms with Gasteiger partial charge >= 0.3 is 0 Å². The van der Waals surface area contributed by atoms with Gasteiger partial charge < -0.3 is 9.73 Å². The lowest BCUT2D eigenvalue weighted by atomic mass is 10.1. The first-order valence-corrected chi connectivity index (χ1v) is 4.52. The molecule has 1 aromatic heterocycles. The fourth-order valence-electron chi connectivity index (χ4n) is 1.21. The van der Waals surface area contributed by atoms with Gasteiger partial charge in [0, 0.05) is 5.57 Å². The van der Waals surface area contributed by atoms with Crippen LogP contribution in [0, 0.1) is 6.92 Å². The number of hydrogen-bond donors (Lipinski definition) is 1. The SMILES string of the molecule is C=C(C)C(=O)NC(C)c1occc1C. The molecule has 0 saturated heterocycles. The smallest absolute Gasteiger partial charge is 0.246 e. The second-order valence-corrected chi connectivity index (χ2v) is 3.44. The molecule has 1 unspecified atom stereocenters. The van der Waals surface area contributed by atoms with E-state index < -0.39 is 0 Å². The van der Waals surface area contributed by atoms with Gasteiger partial charge in [-0.15, -0.1) is 0 Å². The number of carbonyl (C=O) groups excluding carboxylic acids is 1. The molecule has 0 saturated carbocycles. The Morgan fingerprint density at radius 3 is 2.71 bits per heavy atom. The summed E-state index contributed by atoms with van der Waals surface area (Å²) in [6.45, 7) is 9.08. The van der Waals surface area contributed by atoms with Crippen LogP contribution >= 0.6 is 0 Å². The molecule has 0 fully saturated rings. The summed E-state index contributed by atoms with van der Waals surface area (Å²) in [6.07, 6.45) is 1.62. The standard InChI is InChI=1S/C11H15NO2/c1-7(2)11(13)12-9(4)10-8(3)5-6-14-10/h5-6,9H,1H2,2-4H3,(H,12,13). The number of rotatable bonds is 3. The van der Waals surface area contributed by atoms with Crippen molar-refractivity contribution in [2.24, 2.45) is 0 Å². The fraction of sp³-hybridized carbons (Fsp3) is 0.364. The van der Waals surface area contributed by atoms with E-state index in [-0.39, 0.29) is 11.9 Å². The molecule has 0 aliphatic heterocycles. The summed E-state index contributed by atoms with van der Waals surface area (Å²) in [7, 11) is 0. The first kappa shape index (κ1) is 10.6. The molecule has 1 heterocycles. The number of hydrogen-bond acceptors (Lipinski definition) is 2. The molecule has 76 valence electrons. The van der Waals surface area contributed by atoms with Gasteiger partial charge in [0.15, 0.2) is 0 Å². The lowest BCUT2D eigenvalue weighted by Crippen LogP contribution is -2.26. The highest BCUT2D eigenvalue weighted by molar-refractivity contribution is 5.92. The third kappa shape index (κ3) is 2.25. The Kier molecular flexibility index (Phi) is 3.12. The summed E-state index contributed by atoms with van der Waals surface area (Å²) >= 11 is 0. The van der Waals surface area contributed by atoms with Crippen molar-refractivity contribution in [3.63, 3.8) is 0 Å². The van der Waals surface area contributed by atoms with E-state index in [4.69, 9.17) is 4.42 Å². The molecule has 1 atom stereocenters. The van der Waals surface area contributed by atoms with Gasteiger partial charge in [-0.05, 0) is 32.4 Å². The van der Waals surface area contributed by atoms with Crippen molar-refractivity contribution in [1.29, 1.82) is 0 Å². The van der Waals surface area contributed by atoms with Gasteiger partial charge in [-0.1, -0.05) is 6.58 Å². The molecule has 0 bridgehead atoms. The van der Waals surface area contributed by atoms with E-state index in [1.807, 2.05) is 19.9 Å². The van der Waals surface area contributed by atoms with Crippen LogP contribution in [0.1, 0.15) is 31.2 Å². The zero-order valence-electron chi connectivity index (χ0n) is 8.76. The monoisotopic (exact) mass is 193 g/mol. The van der Waals surface area contributed by atoms with Crippen LogP contribution in [0.5, 0.6) is 0 Å². The van der Waals surface area contributed by atoms with Crippen molar-refractivity contribution >= 4 is 5.91 Å². The molecular formula is C11H15NO2. The van der Waals surface area contributed by atoms with Gasteiger partial charge in [0.2, 0.25) is 5.91 Å². The maximum absolute atomic E-state index is 11.3. The molecule has 3 heteroatoms. The number of aryl methyl sites for hydroxylation is 1. The maximum atomic E-state index is 11.3. The largest absolute Gasteiger partial charge is 0.467 e. The Bertz CT molecular complexity index is 352. The third-order valence-corrected chi connectivity index (χ3v) is 2.03. The van der Waals surface area contributed by atoms with Crippen molar-refractivity contribution in [2.45, 2.75) is 26.8 Å². The Balaban J connectivity index is 2.68. The van der Waals surface area contributed by atoms with Crippen LogP contribution in [0.4, 0.5) is 0 Å². The molecular weight excluding hydrogens is 178 g/mol. The predicted octanol–water partition coefficient (Wildman–Crippen LogP) is 2.34. The van der Waals surface area contributed by atoms with E-state index in [1.54, 1.807) is 13.2 Å². The zero-order valence-corrected chi connectivity index (χ0v) is 8.76. The lowest BCUT2D eigenvalue weighted by molar-refractivity contribution is -0.118. The highest BCUT2D eigenvalue weighted by atomic mass is 16.3. The Labute approximate surface area is 83.8 Å². The molecule has 3 nitrogen and oxygen atoms in total. The van der Waals surface area contributed by atoms with E-state index in [0.717, 1.165) is 11.3 Å². The minimum absolute atomic E-state index is 0.116. The maximum Gasteiger partial charge on any atom is 0.246 e. The van der Waals surface area contributed by atoms with Crippen molar-refractivity contribution in [3.05, 3.63) is 35.8 Å². The second-order valence-electron chi connectivity index (χ2n) is 3.44. The van der Waals surface area contributed by atoms with Crippen LogP contribution in [0.2, 0.25) is 0 Å². The van der Waals surface area contributed by atoms with Crippen molar-refractivity contribution in [2.75, 3.05) is 0 Å². The number of amides is 1. The van der Waals surface area contributed by atoms with Gasteiger partial charge in [-0.3, -0.25) is 4.79 Å². The van der Waals surface area contributed by atoms with Crippen LogP contribution in [-0.2, 0) is 4.79 Å². The average Bonchev–Trinajstić information content (AvgIpc) is 2.51. The summed E-state index contributed by atoms with van der Waals surface area (Å²) in [6, 6.07) is 1.76. The normalized spacial score (nSPS) is 12.2. The molecule has 0 aliphatic rings. The summed E-state index contributed by atoms with van der Waals surface area (Å²) in [5.74, 6) is 0.646. The molecule has 0 radical (unpaired) electrons. The van der Waals surface area contributed by atoms with Crippen LogP contribution in [0.15, 0.2) is 28.9 Å². The summed E-state index contributed by atoms with van der Waals surface area (Å²) in [4.78, 5) is 11.3. The highest BCUT2D eigenvalue weighted by Crippen LogP contribution is 2.17. The highest BCUT2D eigenvalue weighted by Gasteiger charge is 2.14. The van der Waals surface area contributed by atoms with Gasteiger partial charge in [-0.2, -0.15) is 0 Å². The minimum atomic E-state index is -0.145. The summed E-state index contributed by atoms with van der Waals surface area (Å²) in [5.41, 5.74) is 1.54. The topological polar surface area (TPSA) is 42.2 Å². The first-order chi connectivity index (χ1) is 6.52. The van der Waals surface area contributed by atoms with Crippen LogP contribution in [0.25, 0.3) is 0 Å². The van der Waals surface area contributed by atoms with E-state index >= 15 is 0 Å². The van der Waals surface area contributed by atoms with Crippen molar-refractivity contribution < 1.29 is 9.21 Å². The molecule has 0 spiro atoms. The Morgan fingerprint density at radius 2 is 2.29 bits per heavy atom. The Hall–Kier alpha value is -1.51. The van der Waals surface area contributed by atoms with E-state index in [1.165, 1.54) is 0 Å². The van der Waals surface area contributed by atoms with Gasteiger partial charge in [0.05, 0.1) is 12.3 Å². The fourth-order valence-corrected chi connectivity index (χ4v) is 1.21. The van der Waals surface area contributed by atoms with E-state index in [9.17, 15) is 4.79 Å². The van der Waals surface area contributed by atoms with Crippen molar-refractivity contribution in [3.8, 4) is 0 Å². The Morgan fingerprint density at radius 1 is 1.64 bits per heavy atom. The summed E-state index contributed by atoms with van der Waals surface area (Å²) in [5, 5.41) is 2.79. The lowest BCUT2D eigenvalue weighted by Gasteiger charge is -2.12. The molecule has 14 heavy (non-hydrogen) atoms. The van der Waals surface area contributed by atoms with Crippen molar-refractivity contribution in [1.82, 2.24) is 5.32 Å². The average molecular weight is 193 g/mol. The van der Waals surface area contributed by atoms with Crippen LogP contribution in [-0.4, -0.2) is 5.91 Å². The number of carbonyl (C=O) groups is 1. The molecule has 0 aromatic carbocycles. The number of furan rings is 1. The van der Waals surface area contributed by atoms with E-state index in [0.29, 0.717) is 5.57 Å². The number of nitrogens with one attached hydrogen (secondary N) is 1. The predicted molar refractivity (Wildman–Crippen MR) is 54.8 cm³/mol. The van der Waals surface area contributed by atoms with Gasteiger partial charge in [0.1, 0.15) is 5.76 Å². The van der Waals surface area contributed by atoms with Gasteiger partial charge in [0.25, 0.3) is 0 Å². The quantitative estimate of drug-likeness (QED) is 0.749. The third-order valence-electron chi connectivity index (χ3n) is 2.03. The second kappa shape index (κ2) is 4.13. The van der Waals surface area contributed by atoms with E-state index in [2.05, 4.69) is 11.9 Å².